The Bertz CT molecular complexity index is 653. The van der Waals surface area contributed by atoms with Crippen molar-refractivity contribution in [3.8, 4) is 0 Å². The monoisotopic (exact) mass is 333 g/mol. The van der Waals surface area contributed by atoms with Crippen LogP contribution in [0.1, 0.15) is 12.2 Å². The fourth-order valence-corrected chi connectivity index (χ4v) is 2.36. The molecule has 2 N–H and O–H groups in total. The number of imidazole rings is 1. The zero-order valence-corrected chi connectivity index (χ0v) is 14.7. The SMILES string of the molecule is CN=C(NCCCOCCOC)NCc1nc2ccccc2n1C. The van der Waals surface area contributed by atoms with Gasteiger partial charge in [0.25, 0.3) is 0 Å². The van der Waals surface area contributed by atoms with E-state index in [4.69, 9.17) is 9.47 Å². The molecule has 0 saturated carbocycles. The Morgan fingerprint density at radius 3 is 2.79 bits per heavy atom. The number of rotatable bonds is 9. The minimum Gasteiger partial charge on any atom is -0.382 e. The molecule has 24 heavy (non-hydrogen) atoms. The van der Waals surface area contributed by atoms with Gasteiger partial charge in [-0.2, -0.15) is 0 Å². The van der Waals surface area contributed by atoms with Gasteiger partial charge in [-0.05, 0) is 18.6 Å². The van der Waals surface area contributed by atoms with E-state index in [1.165, 1.54) is 0 Å². The maximum Gasteiger partial charge on any atom is 0.191 e. The van der Waals surface area contributed by atoms with Gasteiger partial charge in [0.15, 0.2) is 5.96 Å². The first-order valence-corrected chi connectivity index (χ1v) is 8.17. The number of hydrogen-bond donors (Lipinski definition) is 2. The van der Waals surface area contributed by atoms with Crippen LogP contribution in [0.3, 0.4) is 0 Å². The number of nitrogens with zero attached hydrogens (tertiary/aromatic N) is 3. The summed E-state index contributed by atoms with van der Waals surface area (Å²) in [5, 5.41) is 6.57. The molecule has 2 rings (SSSR count). The zero-order valence-electron chi connectivity index (χ0n) is 14.7. The highest BCUT2D eigenvalue weighted by atomic mass is 16.5. The molecule has 0 aliphatic rings. The van der Waals surface area contributed by atoms with Crippen LogP contribution in [0, 0.1) is 0 Å². The molecule has 1 aromatic carbocycles. The summed E-state index contributed by atoms with van der Waals surface area (Å²) in [6.07, 6.45) is 0.913. The summed E-state index contributed by atoms with van der Waals surface area (Å²) in [4.78, 5) is 8.87. The van der Waals surface area contributed by atoms with Gasteiger partial charge in [0.05, 0.1) is 30.8 Å². The summed E-state index contributed by atoms with van der Waals surface area (Å²) in [5.41, 5.74) is 2.14. The third kappa shape index (κ3) is 5.21. The fourth-order valence-electron chi connectivity index (χ4n) is 2.36. The number of aliphatic imine (C=N–C) groups is 1. The molecule has 0 aliphatic carbocycles. The van der Waals surface area contributed by atoms with Crippen molar-refractivity contribution in [1.29, 1.82) is 0 Å². The van der Waals surface area contributed by atoms with Crippen LogP contribution in [-0.2, 0) is 23.1 Å². The van der Waals surface area contributed by atoms with E-state index in [0.717, 1.165) is 35.8 Å². The van der Waals surface area contributed by atoms with E-state index in [1.807, 2.05) is 25.2 Å². The molecular formula is C17H27N5O2. The van der Waals surface area contributed by atoms with E-state index in [2.05, 4.69) is 31.2 Å². The number of aromatic nitrogens is 2. The highest BCUT2D eigenvalue weighted by Crippen LogP contribution is 2.13. The lowest BCUT2D eigenvalue weighted by Gasteiger charge is -2.12. The zero-order chi connectivity index (χ0) is 17.2. The molecule has 0 spiro atoms. The molecule has 0 radical (unpaired) electrons. The Balaban J connectivity index is 1.74. The largest absolute Gasteiger partial charge is 0.382 e. The standard InChI is InChI=1S/C17H27N5O2/c1-18-17(19-9-6-10-24-12-11-23-3)20-13-16-21-14-7-4-5-8-15(14)22(16)2/h4-5,7-8H,6,9-13H2,1-3H3,(H2,18,19,20). The lowest BCUT2D eigenvalue weighted by molar-refractivity contribution is 0.0698. The predicted octanol–water partition coefficient (Wildman–Crippen LogP) is 1.29. The molecule has 7 heteroatoms. The van der Waals surface area contributed by atoms with E-state index in [1.54, 1.807) is 14.2 Å². The molecule has 0 bridgehead atoms. The van der Waals surface area contributed by atoms with Crippen LogP contribution in [0.15, 0.2) is 29.3 Å². The van der Waals surface area contributed by atoms with Crippen molar-refractivity contribution >= 4 is 17.0 Å². The fraction of sp³-hybridized carbons (Fsp3) is 0.529. The van der Waals surface area contributed by atoms with Gasteiger partial charge in [-0.15, -0.1) is 0 Å². The number of aryl methyl sites for hydroxylation is 1. The molecule has 7 nitrogen and oxygen atoms in total. The van der Waals surface area contributed by atoms with Gasteiger partial charge < -0.3 is 24.7 Å². The topological polar surface area (TPSA) is 72.7 Å². The summed E-state index contributed by atoms with van der Waals surface area (Å²) in [6.45, 7) is 3.40. The summed E-state index contributed by atoms with van der Waals surface area (Å²) < 4.78 is 12.5. The molecule has 0 atom stereocenters. The third-order valence-electron chi connectivity index (χ3n) is 3.71. The van der Waals surface area contributed by atoms with E-state index in [-0.39, 0.29) is 0 Å². The van der Waals surface area contributed by atoms with Crippen LogP contribution in [0.25, 0.3) is 11.0 Å². The van der Waals surface area contributed by atoms with Crippen LogP contribution in [0.4, 0.5) is 0 Å². The van der Waals surface area contributed by atoms with Crippen molar-refractivity contribution in [3.05, 3.63) is 30.1 Å². The van der Waals surface area contributed by atoms with Gasteiger partial charge in [0, 0.05) is 34.4 Å². The minimum atomic E-state index is 0.620. The van der Waals surface area contributed by atoms with E-state index in [0.29, 0.717) is 26.4 Å². The lowest BCUT2D eigenvalue weighted by atomic mass is 10.3. The second-order valence-electron chi connectivity index (χ2n) is 5.39. The molecule has 0 saturated heterocycles. The number of guanidine groups is 1. The average molecular weight is 333 g/mol. The smallest absolute Gasteiger partial charge is 0.191 e. The maximum atomic E-state index is 5.43. The van der Waals surface area contributed by atoms with Gasteiger partial charge >= 0.3 is 0 Å². The Morgan fingerprint density at radius 1 is 1.21 bits per heavy atom. The highest BCUT2D eigenvalue weighted by molar-refractivity contribution is 5.80. The molecular weight excluding hydrogens is 306 g/mol. The Hall–Kier alpha value is -2.12. The van der Waals surface area contributed by atoms with Crippen LogP contribution in [-0.4, -0.2) is 56.0 Å². The van der Waals surface area contributed by atoms with Gasteiger partial charge in [-0.25, -0.2) is 4.98 Å². The number of ether oxygens (including phenoxy) is 2. The first-order valence-electron chi connectivity index (χ1n) is 8.17. The van der Waals surface area contributed by atoms with Gasteiger partial charge in [-0.3, -0.25) is 4.99 Å². The minimum absolute atomic E-state index is 0.620. The number of benzene rings is 1. The first-order chi connectivity index (χ1) is 11.8. The van der Waals surface area contributed by atoms with Gasteiger partial charge in [-0.1, -0.05) is 12.1 Å². The molecule has 2 aromatic rings. The summed E-state index contributed by atoms with van der Waals surface area (Å²) >= 11 is 0. The molecule has 1 aromatic heterocycles. The lowest BCUT2D eigenvalue weighted by Crippen LogP contribution is -2.38. The summed E-state index contributed by atoms with van der Waals surface area (Å²) in [7, 11) is 5.46. The Kier molecular flexibility index (Phi) is 7.51. The molecule has 1 heterocycles. The average Bonchev–Trinajstić information content (AvgIpc) is 2.93. The number of hydrogen-bond acceptors (Lipinski definition) is 4. The van der Waals surface area contributed by atoms with Gasteiger partial charge in [0.1, 0.15) is 5.82 Å². The maximum absolute atomic E-state index is 5.43. The van der Waals surface area contributed by atoms with Crippen LogP contribution < -0.4 is 10.6 Å². The van der Waals surface area contributed by atoms with Crippen molar-refractivity contribution < 1.29 is 9.47 Å². The highest BCUT2D eigenvalue weighted by Gasteiger charge is 2.07. The second kappa shape index (κ2) is 9.89. The van der Waals surface area contributed by atoms with E-state index in [9.17, 15) is 0 Å². The number of methoxy groups -OCH3 is 1. The van der Waals surface area contributed by atoms with Crippen LogP contribution in [0.2, 0.25) is 0 Å². The van der Waals surface area contributed by atoms with Crippen molar-refractivity contribution in [1.82, 2.24) is 20.2 Å². The Morgan fingerprint density at radius 2 is 2.04 bits per heavy atom. The first kappa shape index (κ1) is 18.2. The second-order valence-corrected chi connectivity index (χ2v) is 5.39. The molecule has 0 unspecified atom stereocenters. The van der Waals surface area contributed by atoms with Crippen LogP contribution in [0.5, 0.6) is 0 Å². The predicted molar refractivity (Wildman–Crippen MR) is 96.2 cm³/mol. The van der Waals surface area contributed by atoms with Crippen molar-refractivity contribution in [2.75, 3.05) is 40.5 Å². The molecule has 132 valence electrons. The molecule has 0 amide bonds. The quantitative estimate of drug-likeness (QED) is 0.411. The van der Waals surface area contributed by atoms with Gasteiger partial charge in [0.2, 0.25) is 0 Å². The van der Waals surface area contributed by atoms with Crippen molar-refractivity contribution in [2.45, 2.75) is 13.0 Å². The number of para-hydroxylation sites is 2. The number of fused-ring (bicyclic) bond motifs is 1. The summed E-state index contributed by atoms with van der Waals surface area (Å²) in [6, 6.07) is 8.12. The molecule has 0 fully saturated rings. The number of nitrogens with one attached hydrogen (secondary N) is 2. The van der Waals surface area contributed by atoms with Crippen molar-refractivity contribution in [2.24, 2.45) is 12.0 Å². The van der Waals surface area contributed by atoms with Crippen molar-refractivity contribution in [3.63, 3.8) is 0 Å². The Labute approximate surface area is 143 Å². The summed E-state index contributed by atoms with van der Waals surface area (Å²) in [5.74, 6) is 1.74. The van der Waals surface area contributed by atoms with Crippen LogP contribution >= 0.6 is 0 Å². The van der Waals surface area contributed by atoms with E-state index >= 15 is 0 Å². The normalized spacial score (nSPS) is 11.9. The molecule has 0 aliphatic heterocycles. The third-order valence-corrected chi connectivity index (χ3v) is 3.71. The van der Waals surface area contributed by atoms with E-state index < -0.39 is 0 Å².